The molecule has 0 radical (unpaired) electrons. The van der Waals surface area contributed by atoms with Gasteiger partial charge in [-0.05, 0) is 24.5 Å². The van der Waals surface area contributed by atoms with Crippen molar-refractivity contribution < 1.29 is 0 Å². The van der Waals surface area contributed by atoms with Gasteiger partial charge in [-0.1, -0.05) is 35.3 Å². The molecule has 1 aliphatic rings. The number of hydrogen-bond donors (Lipinski definition) is 0. The standard InChI is InChI=1S/C10H7Cl2N/c11-8-3-1-2-7(9(8)12)10(6-13)4-5-10/h1-3H,4-5H2. The third-order valence-corrected chi connectivity index (χ3v) is 3.25. The summed E-state index contributed by atoms with van der Waals surface area (Å²) in [5.41, 5.74) is 0.534. The van der Waals surface area contributed by atoms with E-state index in [0.29, 0.717) is 10.0 Å². The zero-order valence-corrected chi connectivity index (χ0v) is 8.36. The Labute approximate surface area is 86.9 Å². The fourth-order valence-corrected chi connectivity index (χ4v) is 1.92. The minimum absolute atomic E-state index is 0.345. The van der Waals surface area contributed by atoms with E-state index in [1.165, 1.54) is 0 Å². The maximum absolute atomic E-state index is 8.97. The fraction of sp³-hybridized carbons (Fsp3) is 0.300. The summed E-state index contributed by atoms with van der Waals surface area (Å²) in [5.74, 6) is 0. The van der Waals surface area contributed by atoms with Crippen molar-refractivity contribution in [2.24, 2.45) is 0 Å². The van der Waals surface area contributed by atoms with E-state index >= 15 is 0 Å². The van der Waals surface area contributed by atoms with Crippen LogP contribution in [0.5, 0.6) is 0 Å². The molecule has 0 amide bonds. The predicted octanol–water partition coefficient (Wildman–Crippen LogP) is 3.55. The summed E-state index contributed by atoms with van der Waals surface area (Å²) >= 11 is 11.9. The van der Waals surface area contributed by atoms with Crippen LogP contribution in [-0.4, -0.2) is 0 Å². The molecule has 66 valence electrons. The number of nitriles is 1. The highest BCUT2D eigenvalue weighted by Crippen LogP contribution is 2.50. The second-order valence-electron chi connectivity index (χ2n) is 3.30. The van der Waals surface area contributed by atoms with E-state index < -0.39 is 0 Å². The molecule has 13 heavy (non-hydrogen) atoms. The van der Waals surface area contributed by atoms with E-state index in [1.54, 1.807) is 6.07 Å². The summed E-state index contributed by atoms with van der Waals surface area (Å²) in [6, 6.07) is 7.74. The van der Waals surface area contributed by atoms with Crippen LogP contribution in [0.1, 0.15) is 18.4 Å². The van der Waals surface area contributed by atoms with E-state index in [-0.39, 0.29) is 5.41 Å². The summed E-state index contributed by atoms with van der Waals surface area (Å²) in [6.07, 6.45) is 1.78. The molecule has 0 N–H and O–H groups in total. The van der Waals surface area contributed by atoms with Gasteiger partial charge < -0.3 is 0 Å². The van der Waals surface area contributed by atoms with Crippen LogP contribution in [0.4, 0.5) is 0 Å². The van der Waals surface area contributed by atoms with Crippen LogP contribution < -0.4 is 0 Å². The molecule has 1 aliphatic carbocycles. The average Bonchev–Trinajstić information content (AvgIpc) is 2.90. The third kappa shape index (κ3) is 1.31. The molecule has 2 rings (SSSR count). The number of nitrogens with zero attached hydrogens (tertiary/aromatic N) is 1. The number of hydrogen-bond acceptors (Lipinski definition) is 1. The monoisotopic (exact) mass is 211 g/mol. The molecule has 0 unspecified atom stereocenters. The van der Waals surface area contributed by atoms with Crippen molar-refractivity contribution in [3.8, 4) is 6.07 Å². The number of benzene rings is 1. The van der Waals surface area contributed by atoms with Crippen molar-refractivity contribution in [3.05, 3.63) is 33.8 Å². The van der Waals surface area contributed by atoms with E-state index in [9.17, 15) is 0 Å². The van der Waals surface area contributed by atoms with Crippen LogP contribution in [0.3, 0.4) is 0 Å². The predicted molar refractivity (Wildman–Crippen MR) is 53.0 cm³/mol. The lowest BCUT2D eigenvalue weighted by Crippen LogP contribution is -2.03. The van der Waals surface area contributed by atoms with Gasteiger partial charge in [-0.25, -0.2) is 0 Å². The van der Waals surface area contributed by atoms with Crippen LogP contribution in [-0.2, 0) is 5.41 Å². The first kappa shape index (κ1) is 8.87. The Morgan fingerprint density at radius 2 is 2.00 bits per heavy atom. The highest BCUT2D eigenvalue weighted by Gasteiger charge is 2.46. The third-order valence-electron chi connectivity index (χ3n) is 2.43. The highest BCUT2D eigenvalue weighted by atomic mass is 35.5. The maximum Gasteiger partial charge on any atom is 0.0838 e. The molecule has 0 aromatic heterocycles. The van der Waals surface area contributed by atoms with E-state index in [0.717, 1.165) is 18.4 Å². The van der Waals surface area contributed by atoms with E-state index in [2.05, 4.69) is 6.07 Å². The summed E-state index contributed by atoms with van der Waals surface area (Å²) < 4.78 is 0. The Morgan fingerprint density at radius 1 is 1.31 bits per heavy atom. The molecule has 1 fully saturated rings. The maximum atomic E-state index is 8.97. The zero-order valence-electron chi connectivity index (χ0n) is 6.85. The Bertz CT molecular complexity index is 388. The second-order valence-corrected chi connectivity index (χ2v) is 4.08. The first-order valence-electron chi connectivity index (χ1n) is 4.05. The van der Waals surface area contributed by atoms with Gasteiger partial charge in [-0.2, -0.15) is 5.26 Å². The normalized spacial score (nSPS) is 17.9. The summed E-state index contributed by atoms with van der Waals surface area (Å²) in [5, 5.41) is 10.0. The van der Waals surface area contributed by atoms with Crippen LogP contribution in [0.25, 0.3) is 0 Å². The molecule has 1 nitrogen and oxygen atoms in total. The lowest BCUT2D eigenvalue weighted by molar-refractivity contribution is 0.909. The summed E-state index contributed by atoms with van der Waals surface area (Å²) in [6.45, 7) is 0. The average molecular weight is 212 g/mol. The summed E-state index contributed by atoms with van der Waals surface area (Å²) in [4.78, 5) is 0. The van der Waals surface area contributed by atoms with Gasteiger partial charge in [0.25, 0.3) is 0 Å². The van der Waals surface area contributed by atoms with Crippen molar-refractivity contribution >= 4 is 23.2 Å². The van der Waals surface area contributed by atoms with Gasteiger partial charge in [0.1, 0.15) is 0 Å². The van der Waals surface area contributed by atoms with Crippen molar-refractivity contribution in [2.45, 2.75) is 18.3 Å². The van der Waals surface area contributed by atoms with Crippen molar-refractivity contribution in [1.29, 1.82) is 5.26 Å². The van der Waals surface area contributed by atoms with E-state index in [4.69, 9.17) is 28.5 Å². The summed E-state index contributed by atoms with van der Waals surface area (Å²) in [7, 11) is 0. The van der Waals surface area contributed by atoms with Gasteiger partial charge >= 0.3 is 0 Å². The number of rotatable bonds is 1. The van der Waals surface area contributed by atoms with Crippen molar-refractivity contribution in [3.63, 3.8) is 0 Å². The molecule has 0 bridgehead atoms. The van der Waals surface area contributed by atoms with Gasteiger partial charge in [0.05, 0.1) is 21.5 Å². The molecule has 0 spiro atoms. The first-order valence-corrected chi connectivity index (χ1v) is 4.81. The molecule has 0 saturated heterocycles. The first-order chi connectivity index (χ1) is 6.19. The van der Waals surface area contributed by atoms with Crippen LogP contribution in [0.2, 0.25) is 10.0 Å². The Hall–Kier alpha value is -0.710. The van der Waals surface area contributed by atoms with Crippen LogP contribution >= 0.6 is 23.2 Å². The molecule has 0 aliphatic heterocycles. The van der Waals surface area contributed by atoms with E-state index in [1.807, 2.05) is 12.1 Å². The molecule has 1 aromatic rings. The van der Waals surface area contributed by atoms with Gasteiger partial charge in [0.2, 0.25) is 0 Å². The van der Waals surface area contributed by atoms with Gasteiger partial charge in [0, 0.05) is 0 Å². The largest absolute Gasteiger partial charge is 0.197 e. The lowest BCUT2D eigenvalue weighted by Gasteiger charge is -2.08. The lowest BCUT2D eigenvalue weighted by atomic mass is 9.98. The molecule has 1 saturated carbocycles. The minimum Gasteiger partial charge on any atom is -0.197 e. The molecule has 3 heteroatoms. The molecule has 1 aromatic carbocycles. The zero-order chi connectivity index (χ0) is 9.47. The molecule has 0 heterocycles. The SMILES string of the molecule is N#CC1(c2cccc(Cl)c2Cl)CC1. The molecular formula is C10H7Cl2N. The fourth-order valence-electron chi connectivity index (χ4n) is 1.44. The minimum atomic E-state index is -0.345. The van der Waals surface area contributed by atoms with Crippen LogP contribution in [0, 0.1) is 11.3 Å². The van der Waals surface area contributed by atoms with Crippen molar-refractivity contribution in [2.75, 3.05) is 0 Å². The van der Waals surface area contributed by atoms with Crippen molar-refractivity contribution in [1.82, 2.24) is 0 Å². The number of halogens is 2. The van der Waals surface area contributed by atoms with Gasteiger partial charge in [-0.15, -0.1) is 0 Å². The Morgan fingerprint density at radius 3 is 2.54 bits per heavy atom. The highest BCUT2D eigenvalue weighted by molar-refractivity contribution is 6.42. The topological polar surface area (TPSA) is 23.8 Å². The van der Waals surface area contributed by atoms with Gasteiger partial charge in [-0.3, -0.25) is 0 Å². The molecular weight excluding hydrogens is 205 g/mol. The molecule has 0 atom stereocenters. The van der Waals surface area contributed by atoms with Crippen LogP contribution in [0.15, 0.2) is 18.2 Å². The smallest absolute Gasteiger partial charge is 0.0838 e. The second kappa shape index (κ2) is 2.90. The Kier molecular flexibility index (Phi) is 1.98. The quantitative estimate of drug-likeness (QED) is 0.698. The van der Waals surface area contributed by atoms with Gasteiger partial charge in [0.15, 0.2) is 0 Å². The Balaban J connectivity index is 2.54.